The third-order valence-corrected chi connectivity index (χ3v) is 3.45. The number of fused-ring (bicyclic) bond motifs is 1. The lowest BCUT2D eigenvalue weighted by molar-refractivity contribution is 0.0992. The SMILES string of the molecule is CN(C(=O)c1ccncc1C#N)c1ccc2ncccc2c1. The molecule has 0 aliphatic carbocycles. The van der Waals surface area contributed by atoms with Crippen LogP contribution in [0, 0.1) is 11.3 Å². The molecule has 5 nitrogen and oxygen atoms in total. The summed E-state index contributed by atoms with van der Waals surface area (Å²) in [6.07, 6.45) is 4.63. The van der Waals surface area contributed by atoms with Gasteiger partial charge in [-0.2, -0.15) is 5.26 Å². The van der Waals surface area contributed by atoms with Crippen molar-refractivity contribution in [2.75, 3.05) is 11.9 Å². The second kappa shape index (κ2) is 5.62. The topological polar surface area (TPSA) is 69.9 Å². The zero-order chi connectivity index (χ0) is 15.5. The first kappa shape index (κ1) is 13.7. The molecule has 0 spiro atoms. The summed E-state index contributed by atoms with van der Waals surface area (Å²) in [4.78, 5) is 22.2. The van der Waals surface area contributed by atoms with E-state index >= 15 is 0 Å². The van der Waals surface area contributed by atoms with Gasteiger partial charge in [-0.25, -0.2) is 0 Å². The van der Waals surface area contributed by atoms with Crippen LogP contribution in [-0.2, 0) is 0 Å². The molecule has 0 radical (unpaired) electrons. The average molecular weight is 288 g/mol. The molecule has 0 saturated carbocycles. The molecule has 1 aromatic carbocycles. The Hall–Kier alpha value is -3.26. The molecule has 1 amide bonds. The second-order valence-corrected chi connectivity index (χ2v) is 4.78. The standard InChI is InChI=1S/C17H12N4O/c1-21(17(22)15-6-8-19-11-13(15)10-18)14-4-5-16-12(9-14)3-2-7-20-16/h2-9,11H,1H3. The lowest BCUT2D eigenvalue weighted by atomic mass is 10.1. The first-order chi connectivity index (χ1) is 10.7. The van der Waals surface area contributed by atoms with Crippen LogP contribution in [0.4, 0.5) is 5.69 Å². The Balaban J connectivity index is 2.00. The lowest BCUT2D eigenvalue weighted by Crippen LogP contribution is -2.27. The van der Waals surface area contributed by atoms with Gasteiger partial charge in [0.05, 0.1) is 16.6 Å². The Kier molecular flexibility index (Phi) is 3.50. The average Bonchev–Trinajstić information content (AvgIpc) is 2.60. The van der Waals surface area contributed by atoms with Crippen LogP contribution in [0.15, 0.2) is 55.0 Å². The van der Waals surface area contributed by atoms with Crippen molar-refractivity contribution in [2.24, 2.45) is 0 Å². The maximum Gasteiger partial charge on any atom is 0.259 e. The molecule has 0 unspecified atom stereocenters. The summed E-state index contributed by atoms with van der Waals surface area (Å²) in [5, 5.41) is 10.0. The fraction of sp³-hybridized carbons (Fsp3) is 0.0588. The van der Waals surface area contributed by atoms with E-state index in [1.165, 1.54) is 17.3 Å². The molecule has 3 aromatic rings. The van der Waals surface area contributed by atoms with Crippen LogP contribution in [0.5, 0.6) is 0 Å². The molecule has 0 aliphatic rings. The van der Waals surface area contributed by atoms with Crippen LogP contribution in [0.2, 0.25) is 0 Å². The Morgan fingerprint density at radius 3 is 2.91 bits per heavy atom. The van der Waals surface area contributed by atoms with Gasteiger partial charge in [0.2, 0.25) is 0 Å². The summed E-state index contributed by atoms with van der Waals surface area (Å²) >= 11 is 0. The van der Waals surface area contributed by atoms with Gasteiger partial charge in [-0.05, 0) is 30.3 Å². The van der Waals surface area contributed by atoms with Crippen LogP contribution in [0.3, 0.4) is 0 Å². The third-order valence-electron chi connectivity index (χ3n) is 3.45. The zero-order valence-electron chi connectivity index (χ0n) is 11.9. The molecule has 0 aliphatic heterocycles. The number of carbonyl (C=O) groups excluding carboxylic acids is 1. The van der Waals surface area contributed by atoms with E-state index in [2.05, 4.69) is 9.97 Å². The van der Waals surface area contributed by atoms with Gasteiger partial charge in [-0.1, -0.05) is 6.07 Å². The highest BCUT2D eigenvalue weighted by Crippen LogP contribution is 2.22. The summed E-state index contributed by atoms with van der Waals surface area (Å²) < 4.78 is 0. The Morgan fingerprint density at radius 1 is 1.23 bits per heavy atom. The number of hydrogen-bond donors (Lipinski definition) is 0. The zero-order valence-corrected chi connectivity index (χ0v) is 11.9. The third kappa shape index (κ3) is 2.38. The minimum atomic E-state index is -0.248. The van der Waals surface area contributed by atoms with Crippen molar-refractivity contribution < 1.29 is 4.79 Å². The molecule has 0 saturated heterocycles. The van der Waals surface area contributed by atoms with Gasteiger partial charge >= 0.3 is 0 Å². The number of carbonyl (C=O) groups is 1. The number of aromatic nitrogens is 2. The van der Waals surface area contributed by atoms with Crippen molar-refractivity contribution in [1.29, 1.82) is 5.26 Å². The molecule has 0 atom stereocenters. The lowest BCUT2D eigenvalue weighted by Gasteiger charge is -2.18. The van der Waals surface area contributed by atoms with Gasteiger partial charge in [0.25, 0.3) is 5.91 Å². The maximum atomic E-state index is 12.6. The van der Waals surface area contributed by atoms with E-state index in [1.54, 1.807) is 19.3 Å². The van der Waals surface area contributed by atoms with Crippen molar-refractivity contribution in [1.82, 2.24) is 9.97 Å². The number of hydrogen-bond acceptors (Lipinski definition) is 4. The summed E-state index contributed by atoms with van der Waals surface area (Å²) in [5.74, 6) is -0.248. The predicted octanol–water partition coefficient (Wildman–Crippen LogP) is 2.78. The smallest absolute Gasteiger partial charge is 0.259 e. The number of nitrogens with zero attached hydrogens (tertiary/aromatic N) is 4. The van der Waals surface area contributed by atoms with Gasteiger partial charge in [0, 0.05) is 36.7 Å². The first-order valence-corrected chi connectivity index (χ1v) is 6.67. The summed E-state index contributed by atoms with van der Waals surface area (Å²) in [5.41, 5.74) is 2.22. The number of nitriles is 1. The normalized spacial score (nSPS) is 10.2. The fourth-order valence-electron chi connectivity index (χ4n) is 2.24. The van der Waals surface area contributed by atoms with E-state index in [4.69, 9.17) is 5.26 Å². The van der Waals surface area contributed by atoms with Gasteiger partial charge in [0.15, 0.2) is 0 Å². The van der Waals surface area contributed by atoms with Gasteiger partial charge in [-0.15, -0.1) is 0 Å². The molecular weight excluding hydrogens is 276 g/mol. The highest BCUT2D eigenvalue weighted by Gasteiger charge is 2.17. The van der Waals surface area contributed by atoms with Crippen molar-refractivity contribution >= 4 is 22.5 Å². The van der Waals surface area contributed by atoms with Crippen LogP contribution >= 0.6 is 0 Å². The summed E-state index contributed by atoms with van der Waals surface area (Å²) in [7, 11) is 1.68. The minimum Gasteiger partial charge on any atom is -0.311 e. The number of rotatable bonds is 2. The number of anilines is 1. The number of benzene rings is 1. The van der Waals surface area contributed by atoms with Crippen LogP contribution in [0.1, 0.15) is 15.9 Å². The number of amides is 1. The van der Waals surface area contributed by atoms with Crippen molar-refractivity contribution in [2.45, 2.75) is 0 Å². The van der Waals surface area contributed by atoms with Gasteiger partial charge in [-0.3, -0.25) is 14.8 Å². The van der Waals surface area contributed by atoms with Crippen LogP contribution in [0.25, 0.3) is 10.9 Å². The maximum absolute atomic E-state index is 12.6. The molecule has 0 N–H and O–H groups in total. The molecular formula is C17H12N4O. The fourth-order valence-corrected chi connectivity index (χ4v) is 2.24. The highest BCUT2D eigenvalue weighted by molar-refractivity contribution is 6.07. The Bertz CT molecular complexity index is 898. The van der Waals surface area contributed by atoms with E-state index in [1.807, 2.05) is 36.4 Å². The molecule has 2 aromatic heterocycles. The highest BCUT2D eigenvalue weighted by atomic mass is 16.2. The quantitative estimate of drug-likeness (QED) is 0.727. The number of pyridine rings is 2. The predicted molar refractivity (Wildman–Crippen MR) is 83.4 cm³/mol. The molecule has 0 bridgehead atoms. The minimum absolute atomic E-state index is 0.248. The monoisotopic (exact) mass is 288 g/mol. The van der Waals surface area contributed by atoms with E-state index in [0.717, 1.165) is 16.6 Å². The van der Waals surface area contributed by atoms with Crippen molar-refractivity contribution in [3.05, 3.63) is 66.1 Å². The largest absolute Gasteiger partial charge is 0.311 e. The second-order valence-electron chi connectivity index (χ2n) is 4.78. The van der Waals surface area contributed by atoms with E-state index in [0.29, 0.717) is 5.56 Å². The first-order valence-electron chi connectivity index (χ1n) is 6.67. The van der Waals surface area contributed by atoms with Crippen molar-refractivity contribution in [3.8, 4) is 6.07 Å². The summed E-state index contributed by atoms with van der Waals surface area (Å²) in [6.45, 7) is 0. The molecule has 3 rings (SSSR count). The van der Waals surface area contributed by atoms with Gasteiger partial charge < -0.3 is 4.90 Å². The van der Waals surface area contributed by atoms with Crippen LogP contribution in [-0.4, -0.2) is 22.9 Å². The molecule has 5 heteroatoms. The Labute approximate surface area is 127 Å². The van der Waals surface area contributed by atoms with Gasteiger partial charge in [0.1, 0.15) is 6.07 Å². The molecule has 106 valence electrons. The molecule has 2 heterocycles. The Morgan fingerprint density at radius 2 is 2.09 bits per heavy atom. The van der Waals surface area contributed by atoms with Crippen molar-refractivity contribution in [3.63, 3.8) is 0 Å². The molecule has 0 fully saturated rings. The van der Waals surface area contributed by atoms with E-state index in [-0.39, 0.29) is 11.5 Å². The molecule has 22 heavy (non-hydrogen) atoms. The summed E-state index contributed by atoms with van der Waals surface area (Å²) in [6, 6.07) is 12.9. The van der Waals surface area contributed by atoms with E-state index in [9.17, 15) is 4.79 Å². The van der Waals surface area contributed by atoms with E-state index < -0.39 is 0 Å². The van der Waals surface area contributed by atoms with Crippen LogP contribution < -0.4 is 4.90 Å².